The van der Waals surface area contributed by atoms with Crippen molar-refractivity contribution < 1.29 is 9.50 Å². The Balaban J connectivity index is 2.25. The van der Waals surface area contributed by atoms with E-state index in [0.717, 1.165) is 11.3 Å². The molecule has 0 saturated carbocycles. The predicted molar refractivity (Wildman–Crippen MR) is 68.0 cm³/mol. The van der Waals surface area contributed by atoms with Crippen molar-refractivity contribution in [2.45, 2.75) is 6.54 Å². The predicted octanol–water partition coefficient (Wildman–Crippen LogP) is 1.44. The van der Waals surface area contributed by atoms with Crippen LogP contribution in [0, 0.1) is 17.7 Å². The van der Waals surface area contributed by atoms with Gasteiger partial charge in [0.1, 0.15) is 12.4 Å². The van der Waals surface area contributed by atoms with Crippen LogP contribution in [0.1, 0.15) is 11.1 Å². The molecule has 1 aromatic carbocycles. The molecule has 1 heterocycles. The van der Waals surface area contributed by atoms with E-state index in [1.165, 1.54) is 10.6 Å². The van der Waals surface area contributed by atoms with Gasteiger partial charge in [0, 0.05) is 22.7 Å². The van der Waals surface area contributed by atoms with Gasteiger partial charge in [0.05, 0.1) is 6.54 Å². The largest absolute Gasteiger partial charge is 0.384 e. The highest BCUT2D eigenvalue weighted by Gasteiger charge is 2.05. The van der Waals surface area contributed by atoms with Crippen LogP contribution in [0.4, 0.5) is 4.39 Å². The van der Waals surface area contributed by atoms with Gasteiger partial charge in [-0.25, -0.2) is 4.39 Å². The molecule has 2 aromatic rings. The molecule has 0 aliphatic rings. The molecule has 0 atom stereocenters. The molecule has 0 spiro atoms. The lowest BCUT2D eigenvalue weighted by atomic mass is 10.1. The van der Waals surface area contributed by atoms with Crippen molar-refractivity contribution in [1.82, 2.24) is 4.57 Å². The molecule has 92 valence electrons. The molecule has 2 rings (SSSR count). The summed E-state index contributed by atoms with van der Waals surface area (Å²) < 4.78 is 15.2. The van der Waals surface area contributed by atoms with Crippen molar-refractivity contribution in [3.63, 3.8) is 0 Å². The molecular weight excluding hydrogens is 253 g/mol. The quantitative estimate of drug-likeness (QED) is 0.833. The summed E-state index contributed by atoms with van der Waals surface area (Å²) in [5, 5.41) is 10.2. The van der Waals surface area contributed by atoms with E-state index in [9.17, 15) is 9.18 Å². The summed E-state index contributed by atoms with van der Waals surface area (Å²) in [7, 11) is 0. The Bertz CT molecular complexity index is 663. The molecule has 1 aromatic heterocycles. The van der Waals surface area contributed by atoms with Crippen LogP contribution in [-0.4, -0.2) is 16.3 Å². The Labute approximate surface area is 107 Å². The summed E-state index contributed by atoms with van der Waals surface area (Å²) in [6, 6.07) is 4.56. The third-order valence-corrected chi connectivity index (χ3v) is 3.04. The minimum atomic E-state index is -0.405. The zero-order valence-corrected chi connectivity index (χ0v) is 10.2. The maximum atomic E-state index is 13.8. The first-order chi connectivity index (χ1) is 8.70. The summed E-state index contributed by atoms with van der Waals surface area (Å²) in [6.45, 7) is -0.0461. The van der Waals surface area contributed by atoms with E-state index in [1.807, 2.05) is 0 Å². The van der Waals surface area contributed by atoms with E-state index in [2.05, 4.69) is 11.8 Å². The summed E-state index contributed by atoms with van der Waals surface area (Å²) >= 11 is 1.08. The van der Waals surface area contributed by atoms with E-state index < -0.39 is 5.82 Å². The Kier molecular flexibility index (Phi) is 3.92. The van der Waals surface area contributed by atoms with E-state index in [0.29, 0.717) is 11.1 Å². The van der Waals surface area contributed by atoms with Crippen LogP contribution < -0.4 is 4.87 Å². The average molecular weight is 263 g/mol. The second kappa shape index (κ2) is 5.63. The number of aliphatic hydroxyl groups excluding tert-OH is 1. The van der Waals surface area contributed by atoms with Gasteiger partial charge in [-0.3, -0.25) is 4.79 Å². The highest BCUT2D eigenvalue weighted by molar-refractivity contribution is 7.07. The summed E-state index contributed by atoms with van der Waals surface area (Å²) in [5.74, 6) is 4.67. The molecule has 0 unspecified atom stereocenters. The first kappa shape index (κ1) is 12.6. The van der Waals surface area contributed by atoms with Gasteiger partial charge in [-0.2, -0.15) is 0 Å². The first-order valence-electron chi connectivity index (χ1n) is 5.23. The van der Waals surface area contributed by atoms with E-state index in [1.54, 1.807) is 23.7 Å². The second-order valence-electron chi connectivity index (χ2n) is 3.56. The molecular formula is C13H10FNO2S. The third-order valence-electron chi connectivity index (χ3n) is 2.35. The van der Waals surface area contributed by atoms with Gasteiger partial charge in [-0.15, -0.1) is 0 Å². The second-order valence-corrected chi connectivity index (χ2v) is 4.42. The third kappa shape index (κ3) is 2.86. The number of halogens is 1. The monoisotopic (exact) mass is 263 g/mol. The van der Waals surface area contributed by atoms with Crippen molar-refractivity contribution in [1.29, 1.82) is 0 Å². The number of rotatable bonds is 2. The van der Waals surface area contributed by atoms with Crippen molar-refractivity contribution in [3.05, 3.63) is 56.4 Å². The number of aliphatic hydroxyl groups is 1. The van der Waals surface area contributed by atoms with Gasteiger partial charge < -0.3 is 9.67 Å². The fourth-order valence-electron chi connectivity index (χ4n) is 1.49. The molecule has 0 saturated heterocycles. The molecule has 18 heavy (non-hydrogen) atoms. The minimum Gasteiger partial charge on any atom is -0.384 e. The number of hydrogen-bond donors (Lipinski definition) is 1. The maximum Gasteiger partial charge on any atom is 0.307 e. The lowest BCUT2D eigenvalue weighted by Gasteiger charge is -2.04. The number of nitrogens with zero attached hydrogens (tertiary/aromatic N) is 1. The first-order valence-corrected chi connectivity index (χ1v) is 6.11. The van der Waals surface area contributed by atoms with E-state index in [-0.39, 0.29) is 18.0 Å². The van der Waals surface area contributed by atoms with Gasteiger partial charge in [0.25, 0.3) is 0 Å². The fourth-order valence-corrected chi connectivity index (χ4v) is 2.07. The van der Waals surface area contributed by atoms with Gasteiger partial charge in [0.2, 0.25) is 0 Å². The number of hydrogen-bond acceptors (Lipinski definition) is 3. The van der Waals surface area contributed by atoms with Crippen LogP contribution in [-0.2, 0) is 6.54 Å². The summed E-state index contributed by atoms with van der Waals surface area (Å²) in [5.41, 5.74) is 0.938. The SMILES string of the molecule is O=c1sccn1Cc1ccc(C#CCO)cc1F. The maximum absolute atomic E-state index is 13.8. The van der Waals surface area contributed by atoms with E-state index >= 15 is 0 Å². The molecule has 1 N–H and O–H groups in total. The topological polar surface area (TPSA) is 42.2 Å². The van der Waals surface area contributed by atoms with Crippen LogP contribution in [0.5, 0.6) is 0 Å². The molecule has 3 nitrogen and oxygen atoms in total. The zero-order valence-electron chi connectivity index (χ0n) is 9.39. The molecule has 0 radical (unpaired) electrons. The van der Waals surface area contributed by atoms with Crippen LogP contribution in [0.2, 0.25) is 0 Å². The smallest absolute Gasteiger partial charge is 0.307 e. The Morgan fingerprint density at radius 1 is 1.44 bits per heavy atom. The lowest BCUT2D eigenvalue weighted by Crippen LogP contribution is -2.13. The van der Waals surface area contributed by atoms with Gasteiger partial charge in [0.15, 0.2) is 0 Å². The lowest BCUT2D eigenvalue weighted by molar-refractivity contribution is 0.350. The average Bonchev–Trinajstić information content (AvgIpc) is 2.75. The molecule has 0 amide bonds. The van der Waals surface area contributed by atoms with Crippen LogP contribution >= 0.6 is 11.3 Å². The van der Waals surface area contributed by atoms with Crippen molar-refractivity contribution >= 4 is 11.3 Å². The normalized spacial score (nSPS) is 9.89. The van der Waals surface area contributed by atoms with Crippen molar-refractivity contribution in [2.24, 2.45) is 0 Å². The highest BCUT2D eigenvalue weighted by atomic mass is 32.1. The van der Waals surface area contributed by atoms with Gasteiger partial charge in [-0.05, 0) is 12.1 Å². The van der Waals surface area contributed by atoms with Crippen LogP contribution in [0.15, 0.2) is 34.6 Å². The van der Waals surface area contributed by atoms with Crippen LogP contribution in [0.3, 0.4) is 0 Å². The number of aromatic nitrogens is 1. The Morgan fingerprint density at radius 3 is 2.89 bits per heavy atom. The van der Waals surface area contributed by atoms with E-state index in [4.69, 9.17) is 5.11 Å². The summed E-state index contributed by atoms with van der Waals surface area (Å²) in [6.07, 6.45) is 1.63. The molecule has 0 aliphatic heterocycles. The fraction of sp³-hybridized carbons (Fsp3) is 0.154. The highest BCUT2D eigenvalue weighted by Crippen LogP contribution is 2.11. The number of benzene rings is 1. The van der Waals surface area contributed by atoms with Crippen LogP contribution in [0.25, 0.3) is 0 Å². The summed E-state index contributed by atoms with van der Waals surface area (Å²) in [4.78, 5) is 11.2. The van der Waals surface area contributed by atoms with Gasteiger partial charge in [-0.1, -0.05) is 29.2 Å². The molecule has 0 fully saturated rings. The zero-order chi connectivity index (χ0) is 13.0. The van der Waals surface area contributed by atoms with Crippen molar-refractivity contribution in [2.75, 3.05) is 6.61 Å². The molecule has 0 aliphatic carbocycles. The Morgan fingerprint density at radius 2 is 2.28 bits per heavy atom. The standard InChI is InChI=1S/C13H10FNO2S/c14-12-8-10(2-1-6-16)3-4-11(12)9-15-5-7-18-13(15)17/h3-5,7-8,16H,6,9H2. The number of thiazole rings is 1. The minimum absolute atomic E-state index is 0.112. The van der Waals surface area contributed by atoms with Crippen molar-refractivity contribution in [3.8, 4) is 11.8 Å². The molecule has 0 bridgehead atoms. The van der Waals surface area contributed by atoms with Gasteiger partial charge >= 0.3 is 4.87 Å². The Hall–Kier alpha value is -1.90. The molecule has 5 heteroatoms.